The highest BCUT2D eigenvalue weighted by Crippen LogP contribution is 2.25. The predicted octanol–water partition coefficient (Wildman–Crippen LogP) is 1.47. The number of anilines is 1. The minimum atomic E-state index is -0.0484. The molecule has 0 spiro atoms. The summed E-state index contributed by atoms with van der Waals surface area (Å²) in [7, 11) is 3.58. The molecular weight excluding hydrogens is 308 g/mol. The van der Waals surface area contributed by atoms with E-state index in [4.69, 9.17) is 4.74 Å². The van der Waals surface area contributed by atoms with Gasteiger partial charge in [-0.1, -0.05) is 0 Å². The SMILES string of the molecule is COCCCn1cnnc1C(C)Nc1ncnc2c1c(C)nn2C. The minimum Gasteiger partial charge on any atom is -0.385 e. The van der Waals surface area contributed by atoms with Crippen molar-refractivity contribution in [1.29, 1.82) is 0 Å². The van der Waals surface area contributed by atoms with Gasteiger partial charge in [-0.15, -0.1) is 10.2 Å². The fraction of sp³-hybridized carbons (Fsp3) is 0.533. The van der Waals surface area contributed by atoms with E-state index in [1.807, 2.05) is 25.5 Å². The lowest BCUT2D eigenvalue weighted by molar-refractivity contribution is 0.190. The molecule has 3 aromatic rings. The van der Waals surface area contributed by atoms with Crippen LogP contribution in [0.25, 0.3) is 11.0 Å². The summed E-state index contributed by atoms with van der Waals surface area (Å²) in [5.41, 5.74) is 1.70. The number of aromatic nitrogens is 7. The molecule has 1 atom stereocenters. The summed E-state index contributed by atoms with van der Waals surface area (Å²) in [6.07, 6.45) is 4.20. The van der Waals surface area contributed by atoms with E-state index in [0.717, 1.165) is 41.3 Å². The Bertz CT molecular complexity index is 824. The Balaban J connectivity index is 1.83. The van der Waals surface area contributed by atoms with Crippen LogP contribution < -0.4 is 5.32 Å². The molecule has 9 heteroatoms. The molecule has 0 aliphatic heterocycles. The van der Waals surface area contributed by atoms with Gasteiger partial charge in [-0.25, -0.2) is 9.97 Å². The molecule has 0 aromatic carbocycles. The normalized spacial score (nSPS) is 12.7. The molecular formula is C15H22N8O. The zero-order valence-corrected chi connectivity index (χ0v) is 14.4. The highest BCUT2D eigenvalue weighted by atomic mass is 16.5. The molecule has 0 saturated carbocycles. The molecule has 128 valence electrons. The van der Waals surface area contributed by atoms with Crippen LogP contribution in [0.5, 0.6) is 0 Å². The van der Waals surface area contributed by atoms with E-state index >= 15 is 0 Å². The molecule has 3 rings (SSSR count). The lowest BCUT2D eigenvalue weighted by Crippen LogP contribution is -2.15. The molecule has 3 aromatic heterocycles. The second-order valence-electron chi connectivity index (χ2n) is 5.72. The Morgan fingerprint density at radius 3 is 2.96 bits per heavy atom. The monoisotopic (exact) mass is 330 g/mol. The van der Waals surface area contributed by atoms with Crippen LogP contribution >= 0.6 is 0 Å². The molecule has 0 aliphatic rings. The van der Waals surface area contributed by atoms with Gasteiger partial charge in [-0.2, -0.15) is 5.10 Å². The van der Waals surface area contributed by atoms with Crippen molar-refractivity contribution in [1.82, 2.24) is 34.5 Å². The van der Waals surface area contributed by atoms with Crippen molar-refractivity contribution in [2.75, 3.05) is 19.0 Å². The van der Waals surface area contributed by atoms with Gasteiger partial charge in [-0.05, 0) is 20.3 Å². The van der Waals surface area contributed by atoms with Crippen molar-refractivity contribution in [3.63, 3.8) is 0 Å². The number of nitrogens with one attached hydrogen (secondary N) is 1. The number of hydrogen-bond acceptors (Lipinski definition) is 7. The Hall–Kier alpha value is -2.55. The molecule has 0 radical (unpaired) electrons. The third-order valence-corrected chi connectivity index (χ3v) is 3.93. The fourth-order valence-electron chi connectivity index (χ4n) is 2.81. The maximum atomic E-state index is 5.10. The van der Waals surface area contributed by atoms with E-state index in [9.17, 15) is 0 Å². The quantitative estimate of drug-likeness (QED) is 0.655. The lowest BCUT2D eigenvalue weighted by atomic mass is 10.2. The summed E-state index contributed by atoms with van der Waals surface area (Å²) in [4.78, 5) is 8.69. The molecule has 0 bridgehead atoms. The maximum Gasteiger partial charge on any atom is 0.163 e. The van der Waals surface area contributed by atoms with Gasteiger partial charge in [0.25, 0.3) is 0 Å². The summed E-state index contributed by atoms with van der Waals surface area (Å²) < 4.78 is 8.90. The zero-order chi connectivity index (χ0) is 17.1. The number of aryl methyl sites for hydroxylation is 3. The Labute approximate surface area is 140 Å². The van der Waals surface area contributed by atoms with Gasteiger partial charge in [0.15, 0.2) is 11.5 Å². The summed E-state index contributed by atoms with van der Waals surface area (Å²) in [5.74, 6) is 1.61. The van der Waals surface area contributed by atoms with E-state index < -0.39 is 0 Å². The van der Waals surface area contributed by atoms with Crippen LogP contribution in [0, 0.1) is 6.92 Å². The molecule has 1 unspecified atom stereocenters. The largest absolute Gasteiger partial charge is 0.385 e. The summed E-state index contributed by atoms with van der Waals surface area (Å²) in [6, 6.07) is -0.0484. The summed E-state index contributed by atoms with van der Waals surface area (Å²) in [5, 5.41) is 17.0. The van der Waals surface area contributed by atoms with Gasteiger partial charge in [0.2, 0.25) is 0 Å². The van der Waals surface area contributed by atoms with Gasteiger partial charge < -0.3 is 14.6 Å². The van der Waals surface area contributed by atoms with Crippen LogP contribution in [0.3, 0.4) is 0 Å². The fourth-order valence-corrected chi connectivity index (χ4v) is 2.81. The summed E-state index contributed by atoms with van der Waals surface area (Å²) >= 11 is 0. The van der Waals surface area contributed by atoms with E-state index in [1.54, 1.807) is 24.4 Å². The second-order valence-corrected chi connectivity index (χ2v) is 5.72. The highest BCUT2D eigenvalue weighted by molar-refractivity contribution is 5.89. The van der Waals surface area contributed by atoms with Crippen molar-refractivity contribution in [3.05, 3.63) is 24.2 Å². The number of hydrogen-bond donors (Lipinski definition) is 1. The van der Waals surface area contributed by atoms with Gasteiger partial charge in [-0.3, -0.25) is 4.68 Å². The van der Waals surface area contributed by atoms with E-state index in [-0.39, 0.29) is 6.04 Å². The second kappa shape index (κ2) is 6.91. The van der Waals surface area contributed by atoms with Crippen LogP contribution in [-0.4, -0.2) is 48.2 Å². The van der Waals surface area contributed by atoms with Gasteiger partial charge in [0.05, 0.1) is 17.1 Å². The average molecular weight is 330 g/mol. The first-order valence-corrected chi connectivity index (χ1v) is 7.89. The highest BCUT2D eigenvalue weighted by Gasteiger charge is 2.17. The molecule has 1 N–H and O–H groups in total. The lowest BCUT2D eigenvalue weighted by Gasteiger charge is -2.15. The van der Waals surface area contributed by atoms with E-state index in [1.165, 1.54) is 0 Å². The Morgan fingerprint density at radius 2 is 2.17 bits per heavy atom. The first-order valence-electron chi connectivity index (χ1n) is 7.89. The van der Waals surface area contributed by atoms with Crippen LogP contribution in [0.15, 0.2) is 12.7 Å². The molecule has 0 amide bonds. The number of nitrogens with zero attached hydrogens (tertiary/aromatic N) is 7. The molecule has 0 saturated heterocycles. The Kier molecular flexibility index (Phi) is 4.70. The van der Waals surface area contributed by atoms with Crippen LogP contribution in [-0.2, 0) is 18.3 Å². The summed E-state index contributed by atoms with van der Waals surface area (Å²) in [6.45, 7) is 5.51. The smallest absolute Gasteiger partial charge is 0.163 e. The number of rotatable bonds is 7. The standard InChI is InChI=1S/C15H22N8O/c1-10-12-13(16-8-17-15(12)22(3)21-10)19-11(2)14-20-18-9-23(14)6-5-7-24-4/h8-9,11H,5-7H2,1-4H3,(H,16,17,19). The third kappa shape index (κ3) is 3.07. The first-order chi connectivity index (χ1) is 11.6. The first kappa shape index (κ1) is 16.3. The number of fused-ring (bicyclic) bond motifs is 1. The topological polar surface area (TPSA) is 95.6 Å². The van der Waals surface area contributed by atoms with Gasteiger partial charge in [0.1, 0.15) is 18.5 Å². The minimum absolute atomic E-state index is 0.0484. The van der Waals surface area contributed by atoms with E-state index in [0.29, 0.717) is 6.61 Å². The molecule has 9 nitrogen and oxygen atoms in total. The van der Waals surface area contributed by atoms with Gasteiger partial charge >= 0.3 is 0 Å². The van der Waals surface area contributed by atoms with Crippen molar-refractivity contribution < 1.29 is 4.74 Å². The van der Waals surface area contributed by atoms with Crippen LogP contribution in [0.2, 0.25) is 0 Å². The zero-order valence-electron chi connectivity index (χ0n) is 14.4. The third-order valence-electron chi connectivity index (χ3n) is 3.93. The average Bonchev–Trinajstić information content (AvgIpc) is 3.13. The number of methoxy groups -OCH3 is 1. The molecule has 24 heavy (non-hydrogen) atoms. The van der Waals surface area contributed by atoms with Crippen LogP contribution in [0.1, 0.15) is 30.9 Å². The molecule has 0 aliphatic carbocycles. The molecule has 0 fully saturated rings. The Morgan fingerprint density at radius 1 is 1.33 bits per heavy atom. The van der Waals surface area contributed by atoms with Crippen molar-refractivity contribution >= 4 is 16.9 Å². The van der Waals surface area contributed by atoms with Gasteiger partial charge in [0, 0.05) is 27.3 Å². The van der Waals surface area contributed by atoms with Crippen molar-refractivity contribution in [3.8, 4) is 0 Å². The maximum absolute atomic E-state index is 5.10. The predicted molar refractivity (Wildman–Crippen MR) is 89.6 cm³/mol. The molecule has 3 heterocycles. The van der Waals surface area contributed by atoms with Crippen molar-refractivity contribution in [2.24, 2.45) is 7.05 Å². The van der Waals surface area contributed by atoms with E-state index in [2.05, 4.69) is 30.6 Å². The van der Waals surface area contributed by atoms with Crippen LogP contribution in [0.4, 0.5) is 5.82 Å². The van der Waals surface area contributed by atoms with Crippen molar-refractivity contribution in [2.45, 2.75) is 32.9 Å². The number of ether oxygens (including phenoxy) is 1.